The number of hydrogen-bond donors (Lipinski definition) is 1. The minimum atomic E-state index is -0.615. The van der Waals surface area contributed by atoms with Gasteiger partial charge in [0, 0.05) is 40.4 Å². The first-order chi connectivity index (χ1) is 15.2. The van der Waals surface area contributed by atoms with Crippen molar-refractivity contribution in [2.24, 2.45) is 5.41 Å². The molecule has 1 unspecified atom stereocenters. The number of nitrogens with one attached hydrogen (secondary N) is 1. The molecule has 0 saturated heterocycles. The lowest BCUT2D eigenvalue weighted by Crippen LogP contribution is -2.38. The topological polar surface area (TPSA) is 73.9 Å². The van der Waals surface area contributed by atoms with Gasteiger partial charge in [-0.1, -0.05) is 45.2 Å². The maximum atomic E-state index is 13.4. The average molecular weight is 460 g/mol. The molecule has 2 aliphatic heterocycles. The van der Waals surface area contributed by atoms with Crippen molar-refractivity contribution in [1.29, 1.82) is 0 Å². The number of ketones is 1. The third-order valence-corrected chi connectivity index (χ3v) is 6.57. The summed E-state index contributed by atoms with van der Waals surface area (Å²) in [4.78, 5) is 26.6. The number of unbranched alkanes of at least 4 members (excludes halogenated alkanes) is 2. The van der Waals surface area contributed by atoms with Gasteiger partial charge in [-0.25, -0.2) is 4.79 Å². The number of carbonyl (C=O) groups is 2. The first-order valence-electron chi connectivity index (χ1n) is 11.2. The largest absolute Gasteiger partial charge is 0.462 e. The van der Waals surface area contributed by atoms with Crippen molar-refractivity contribution in [1.82, 2.24) is 5.32 Å². The van der Waals surface area contributed by atoms with Crippen LogP contribution in [0.1, 0.15) is 71.3 Å². The maximum Gasteiger partial charge on any atom is 0.336 e. The van der Waals surface area contributed by atoms with Crippen LogP contribution in [0.15, 0.2) is 34.7 Å². The Balaban J connectivity index is 1.79. The Labute approximate surface area is 193 Å². The van der Waals surface area contributed by atoms with Gasteiger partial charge in [0.05, 0.1) is 12.2 Å². The number of halogens is 1. The van der Waals surface area contributed by atoms with Crippen molar-refractivity contribution in [2.75, 3.05) is 13.4 Å². The van der Waals surface area contributed by atoms with Gasteiger partial charge in [0.15, 0.2) is 17.3 Å². The highest BCUT2D eigenvalue weighted by atomic mass is 35.5. The smallest absolute Gasteiger partial charge is 0.336 e. The number of rotatable bonds is 6. The van der Waals surface area contributed by atoms with E-state index in [1.807, 2.05) is 6.92 Å². The van der Waals surface area contributed by atoms with Crippen molar-refractivity contribution in [3.8, 4) is 11.5 Å². The molecule has 1 aliphatic carbocycles. The number of allylic oxidation sites excluding steroid dienone is 3. The normalized spacial score (nSPS) is 21.4. The van der Waals surface area contributed by atoms with E-state index in [1.54, 1.807) is 12.1 Å². The summed E-state index contributed by atoms with van der Waals surface area (Å²) in [5.74, 6) is 0.0974. The second kappa shape index (κ2) is 8.81. The van der Waals surface area contributed by atoms with Crippen molar-refractivity contribution < 1.29 is 23.8 Å². The molecule has 4 rings (SSSR count). The third kappa shape index (κ3) is 4.25. The zero-order chi connectivity index (χ0) is 23.0. The van der Waals surface area contributed by atoms with Gasteiger partial charge in [-0.15, -0.1) is 0 Å². The Morgan fingerprint density at radius 1 is 1.22 bits per heavy atom. The highest BCUT2D eigenvalue weighted by Gasteiger charge is 2.44. The minimum Gasteiger partial charge on any atom is -0.462 e. The molecule has 0 radical (unpaired) electrons. The lowest BCUT2D eigenvalue weighted by atomic mass is 9.68. The SMILES string of the molecule is CCCCCOC(=O)C1=C(C)NC2=C(C(=O)CC(C)(C)C2)C1c1cc2c(cc1Cl)OCO2. The van der Waals surface area contributed by atoms with E-state index in [-0.39, 0.29) is 18.0 Å². The number of esters is 1. The Bertz CT molecular complexity index is 1020. The fourth-order valence-electron chi connectivity index (χ4n) is 4.77. The zero-order valence-corrected chi connectivity index (χ0v) is 19.9. The molecular formula is C25H30ClNO5. The molecule has 1 N–H and O–H groups in total. The number of ether oxygens (including phenoxy) is 3. The molecule has 1 atom stereocenters. The summed E-state index contributed by atoms with van der Waals surface area (Å²) >= 11 is 6.67. The standard InChI is InChI=1S/C25H30ClNO5/c1-5-6-7-8-30-24(29)21-14(2)27-17-11-25(3,4)12-18(28)23(17)22(21)15-9-19-20(10-16(15)26)32-13-31-19/h9-10,22,27H,5-8,11-13H2,1-4H3. The minimum absolute atomic E-state index is 0.0197. The van der Waals surface area contributed by atoms with Crippen molar-refractivity contribution in [3.63, 3.8) is 0 Å². The van der Waals surface area contributed by atoms with E-state index in [9.17, 15) is 9.59 Å². The van der Waals surface area contributed by atoms with Gasteiger partial charge in [0.25, 0.3) is 0 Å². The zero-order valence-electron chi connectivity index (χ0n) is 19.1. The average Bonchev–Trinajstić information content (AvgIpc) is 3.15. The first kappa shape index (κ1) is 22.7. The van der Waals surface area contributed by atoms with E-state index in [4.69, 9.17) is 25.8 Å². The summed E-state index contributed by atoms with van der Waals surface area (Å²) in [6, 6.07) is 3.48. The molecule has 0 fully saturated rings. The highest BCUT2D eigenvalue weighted by Crippen LogP contribution is 2.50. The molecule has 0 saturated carbocycles. The maximum absolute atomic E-state index is 13.4. The Morgan fingerprint density at radius 3 is 2.66 bits per heavy atom. The Kier molecular flexibility index (Phi) is 6.26. The van der Waals surface area contributed by atoms with Gasteiger partial charge >= 0.3 is 5.97 Å². The van der Waals surface area contributed by atoms with Crippen molar-refractivity contribution >= 4 is 23.4 Å². The van der Waals surface area contributed by atoms with E-state index in [0.29, 0.717) is 58.4 Å². The van der Waals surface area contributed by atoms with Crippen LogP contribution < -0.4 is 14.8 Å². The van der Waals surface area contributed by atoms with Gasteiger partial charge in [-0.2, -0.15) is 0 Å². The lowest BCUT2D eigenvalue weighted by Gasteiger charge is -2.39. The number of benzene rings is 1. The fourth-order valence-corrected chi connectivity index (χ4v) is 5.03. The summed E-state index contributed by atoms with van der Waals surface area (Å²) in [6.45, 7) is 8.57. The van der Waals surface area contributed by atoms with Crippen LogP contribution in [0.25, 0.3) is 0 Å². The van der Waals surface area contributed by atoms with E-state index in [0.717, 1.165) is 25.0 Å². The lowest BCUT2D eigenvalue weighted by molar-refractivity contribution is -0.139. The van der Waals surface area contributed by atoms with Crippen LogP contribution in [0.4, 0.5) is 0 Å². The van der Waals surface area contributed by atoms with Crippen molar-refractivity contribution in [2.45, 2.75) is 65.7 Å². The first-order valence-corrected chi connectivity index (χ1v) is 11.6. The van der Waals surface area contributed by atoms with E-state index in [1.165, 1.54) is 0 Å². The van der Waals surface area contributed by atoms with Crippen molar-refractivity contribution in [3.05, 3.63) is 45.3 Å². The molecule has 1 aromatic rings. The second-order valence-corrected chi connectivity index (χ2v) is 9.91. The van der Waals surface area contributed by atoms with Crippen LogP contribution >= 0.6 is 11.6 Å². The van der Waals surface area contributed by atoms with Crippen LogP contribution in [-0.2, 0) is 14.3 Å². The van der Waals surface area contributed by atoms with Crippen LogP contribution in [0.2, 0.25) is 5.02 Å². The number of dihydropyridines is 1. The molecule has 0 bridgehead atoms. The molecule has 2 heterocycles. The summed E-state index contributed by atoms with van der Waals surface area (Å²) in [5.41, 5.74) is 3.05. The Hall–Kier alpha value is -2.47. The molecule has 32 heavy (non-hydrogen) atoms. The van der Waals surface area contributed by atoms with Crippen LogP contribution in [0.5, 0.6) is 11.5 Å². The second-order valence-electron chi connectivity index (χ2n) is 9.50. The summed E-state index contributed by atoms with van der Waals surface area (Å²) in [5, 5.41) is 3.77. The molecule has 1 aromatic carbocycles. The van der Waals surface area contributed by atoms with Gasteiger partial charge in [-0.05, 0) is 36.8 Å². The monoisotopic (exact) mass is 459 g/mol. The number of carbonyl (C=O) groups excluding carboxylic acids is 2. The molecule has 0 amide bonds. The molecule has 0 spiro atoms. The van der Waals surface area contributed by atoms with Gasteiger partial charge in [0.2, 0.25) is 6.79 Å². The number of fused-ring (bicyclic) bond motifs is 1. The summed E-state index contributed by atoms with van der Waals surface area (Å²) in [6.07, 6.45) is 3.95. The molecule has 7 heteroatoms. The fraction of sp³-hybridized carbons (Fsp3) is 0.520. The predicted octanol–water partition coefficient (Wildman–Crippen LogP) is 5.41. The van der Waals surface area contributed by atoms with Crippen LogP contribution in [0, 0.1) is 5.41 Å². The van der Waals surface area contributed by atoms with E-state index < -0.39 is 11.9 Å². The van der Waals surface area contributed by atoms with E-state index in [2.05, 4.69) is 26.1 Å². The molecule has 6 nitrogen and oxygen atoms in total. The molecule has 172 valence electrons. The predicted molar refractivity (Wildman–Crippen MR) is 122 cm³/mol. The summed E-state index contributed by atoms with van der Waals surface area (Å²) in [7, 11) is 0. The molecular weight excluding hydrogens is 430 g/mol. The highest BCUT2D eigenvalue weighted by molar-refractivity contribution is 6.32. The third-order valence-electron chi connectivity index (χ3n) is 6.24. The molecule has 3 aliphatic rings. The van der Waals surface area contributed by atoms with Crippen LogP contribution in [0.3, 0.4) is 0 Å². The van der Waals surface area contributed by atoms with E-state index >= 15 is 0 Å². The number of hydrogen-bond acceptors (Lipinski definition) is 6. The van der Waals surface area contributed by atoms with Gasteiger partial charge in [-0.3, -0.25) is 4.79 Å². The van der Waals surface area contributed by atoms with Crippen LogP contribution in [-0.4, -0.2) is 25.2 Å². The van der Waals surface area contributed by atoms with Gasteiger partial charge < -0.3 is 19.5 Å². The quantitative estimate of drug-likeness (QED) is 0.453. The number of Topliss-reactive ketones (excluding diaryl/α,β-unsaturated/α-hetero) is 1. The summed E-state index contributed by atoms with van der Waals surface area (Å²) < 4.78 is 16.6. The molecule has 0 aromatic heterocycles. The van der Waals surface area contributed by atoms with Gasteiger partial charge in [0.1, 0.15) is 0 Å². The Morgan fingerprint density at radius 2 is 1.94 bits per heavy atom.